The van der Waals surface area contributed by atoms with Crippen molar-refractivity contribution < 1.29 is 4.79 Å². The second-order valence-corrected chi connectivity index (χ2v) is 8.26. The summed E-state index contributed by atoms with van der Waals surface area (Å²) >= 11 is 0. The first-order valence-electron chi connectivity index (χ1n) is 9.81. The Labute approximate surface area is 166 Å². The second-order valence-electron chi connectivity index (χ2n) is 8.26. The van der Waals surface area contributed by atoms with Crippen molar-refractivity contribution in [3.05, 3.63) is 46.8 Å². The van der Waals surface area contributed by atoms with Crippen molar-refractivity contribution in [3.63, 3.8) is 0 Å². The lowest BCUT2D eigenvalue weighted by molar-refractivity contribution is -0.120. The van der Waals surface area contributed by atoms with Gasteiger partial charge in [0, 0.05) is 29.1 Å². The highest BCUT2D eigenvalue weighted by atomic mass is 16.1. The molecule has 0 saturated heterocycles. The molecule has 0 radical (unpaired) electrons. The molecular formula is C22H29N5O. The summed E-state index contributed by atoms with van der Waals surface area (Å²) in [6.07, 6.45) is 1.22. The average molecular weight is 380 g/mol. The summed E-state index contributed by atoms with van der Waals surface area (Å²) in [7, 11) is 0. The summed E-state index contributed by atoms with van der Waals surface area (Å²) < 4.78 is 1.74. The lowest BCUT2D eigenvalue weighted by Gasteiger charge is -2.18. The predicted octanol–water partition coefficient (Wildman–Crippen LogP) is 3.77. The molecule has 0 aliphatic heterocycles. The van der Waals surface area contributed by atoms with Crippen LogP contribution in [0, 0.1) is 13.8 Å². The highest BCUT2D eigenvalue weighted by molar-refractivity contribution is 5.79. The molecule has 1 aromatic carbocycles. The monoisotopic (exact) mass is 379 g/mol. The largest absolute Gasteiger partial charge is 0.356 e. The first-order chi connectivity index (χ1) is 13.2. The molecule has 0 atom stereocenters. The van der Waals surface area contributed by atoms with Gasteiger partial charge in [-0.25, -0.2) is 9.50 Å². The standard InChI is InChI=1S/C22H29N5O/c1-7-12-23-19(28)13-18-14(2)24-21-25-20(26-27(21)15(18)3)16-8-10-17(11-9-16)22(4,5)6/h8-11H,7,12-13H2,1-6H3,(H,23,28). The van der Waals surface area contributed by atoms with Gasteiger partial charge in [0.2, 0.25) is 5.91 Å². The van der Waals surface area contributed by atoms with Gasteiger partial charge in [-0.1, -0.05) is 52.0 Å². The molecule has 3 aromatic rings. The SMILES string of the molecule is CCCNC(=O)Cc1c(C)nc2nc(-c3ccc(C(C)(C)C)cc3)nn2c1C. The minimum Gasteiger partial charge on any atom is -0.356 e. The Hall–Kier alpha value is -2.76. The van der Waals surface area contributed by atoms with Crippen LogP contribution in [0.5, 0.6) is 0 Å². The average Bonchev–Trinajstić information content (AvgIpc) is 3.07. The van der Waals surface area contributed by atoms with Crippen LogP contribution in [-0.2, 0) is 16.6 Å². The second kappa shape index (κ2) is 7.70. The molecule has 6 heteroatoms. The number of carbonyl (C=O) groups is 1. The Kier molecular flexibility index (Phi) is 5.49. The molecular weight excluding hydrogens is 350 g/mol. The fraction of sp³-hybridized carbons (Fsp3) is 0.455. The molecule has 6 nitrogen and oxygen atoms in total. The predicted molar refractivity (Wildman–Crippen MR) is 111 cm³/mol. The van der Waals surface area contributed by atoms with Gasteiger partial charge in [0.25, 0.3) is 5.78 Å². The van der Waals surface area contributed by atoms with Crippen LogP contribution in [0.2, 0.25) is 0 Å². The van der Waals surface area contributed by atoms with Crippen LogP contribution in [0.15, 0.2) is 24.3 Å². The van der Waals surface area contributed by atoms with E-state index in [1.165, 1.54) is 5.56 Å². The van der Waals surface area contributed by atoms with E-state index in [4.69, 9.17) is 0 Å². The number of amides is 1. The number of aryl methyl sites for hydroxylation is 2. The minimum absolute atomic E-state index is 0.00677. The number of benzene rings is 1. The molecule has 0 unspecified atom stereocenters. The van der Waals surface area contributed by atoms with Crippen LogP contribution < -0.4 is 5.32 Å². The van der Waals surface area contributed by atoms with Gasteiger partial charge in [0.15, 0.2) is 5.82 Å². The Bertz CT molecular complexity index is 996. The van der Waals surface area contributed by atoms with Crippen molar-refractivity contribution in [3.8, 4) is 11.4 Å². The van der Waals surface area contributed by atoms with E-state index in [9.17, 15) is 4.79 Å². The number of nitrogens with one attached hydrogen (secondary N) is 1. The molecule has 2 heterocycles. The fourth-order valence-electron chi connectivity index (χ4n) is 3.19. The zero-order valence-electron chi connectivity index (χ0n) is 17.6. The van der Waals surface area contributed by atoms with E-state index >= 15 is 0 Å². The summed E-state index contributed by atoms with van der Waals surface area (Å²) in [5.41, 5.74) is 4.95. The van der Waals surface area contributed by atoms with E-state index in [0.717, 1.165) is 28.9 Å². The Morgan fingerprint density at radius 2 is 1.79 bits per heavy atom. The van der Waals surface area contributed by atoms with Gasteiger partial charge in [-0.05, 0) is 31.2 Å². The highest BCUT2D eigenvalue weighted by Gasteiger charge is 2.17. The quantitative estimate of drug-likeness (QED) is 0.732. The molecule has 1 amide bonds. The molecule has 1 N–H and O–H groups in total. The fourth-order valence-corrected chi connectivity index (χ4v) is 3.19. The summed E-state index contributed by atoms with van der Waals surface area (Å²) in [6, 6.07) is 8.35. The zero-order chi connectivity index (χ0) is 20.5. The van der Waals surface area contributed by atoms with Crippen LogP contribution in [0.25, 0.3) is 17.2 Å². The van der Waals surface area contributed by atoms with Crippen LogP contribution in [-0.4, -0.2) is 32.0 Å². The van der Waals surface area contributed by atoms with Gasteiger partial charge < -0.3 is 5.32 Å². The lowest BCUT2D eigenvalue weighted by Crippen LogP contribution is -2.26. The Morgan fingerprint density at radius 1 is 1.11 bits per heavy atom. The number of fused-ring (bicyclic) bond motifs is 1. The molecule has 0 aliphatic rings. The number of aromatic nitrogens is 4. The molecule has 2 aromatic heterocycles. The summed E-state index contributed by atoms with van der Waals surface area (Å²) in [5.74, 6) is 1.21. The third kappa shape index (κ3) is 4.06. The first kappa shape index (κ1) is 20.0. The maximum atomic E-state index is 12.2. The molecule has 148 valence electrons. The molecule has 0 spiro atoms. The van der Waals surface area contributed by atoms with Gasteiger partial charge >= 0.3 is 0 Å². The van der Waals surface area contributed by atoms with Gasteiger partial charge in [0.1, 0.15) is 0 Å². The van der Waals surface area contributed by atoms with Crippen molar-refractivity contribution in [2.75, 3.05) is 6.54 Å². The zero-order valence-corrected chi connectivity index (χ0v) is 17.6. The lowest BCUT2D eigenvalue weighted by atomic mass is 9.87. The molecule has 3 rings (SSSR count). The number of hydrogen-bond donors (Lipinski definition) is 1. The minimum atomic E-state index is 0.00677. The number of rotatable bonds is 5. The number of hydrogen-bond acceptors (Lipinski definition) is 4. The summed E-state index contributed by atoms with van der Waals surface area (Å²) in [5, 5.41) is 7.58. The summed E-state index contributed by atoms with van der Waals surface area (Å²) in [6.45, 7) is 13.2. The summed E-state index contributed by atoms with van der Waals surface area (Å²) in [4.78, 5) is 21.4. The highest BCUT2D eigenvalue weighted by Crippen LogP contribution is 2.25. The van der Waals surface area contributed by atoms with Gasteiger partial charge in [-0.15, -0.1) is 5.10 Å². The van der Waals surface area contributed by atoms with Gasteiger partial charge in [0.05, 0.1) is 6.42 Å². The van der Waals surface area contributed by atoms with E-state index in [-0.39, 0.29) is 11.3 Å². The molecule has 0 fully saturated rings. The van der Waals surface area contributed by atoms with E-state index in [1.807, 2.05) is 20.8 Å². The van der Waals surface area contributed by atoms with Crippen LogP contribution in [0.4, 0.5) is 0 Å². The van der Waals surface area contributed by atoms with Gasteiger partial charge in [-0.2, -0.15) is 4.98 Å². The third-order valence-electron chi connectivity index (χ3n) is 4.97. The smallest absolute Gasteiger partial charge is 0.253 e. The van der Waals surface area contributed by atoms with E-state index in [1.54, 1.807) is 4.52 Å². The van der Waals surface area contributed by atoms with E-state index in [2.05, 4.69) is 65.4 Å². The van der Waals surface area contributed by atoms with Crippen molar-refractivity contribution in [1.29, 1.82) is 0 Å². The molecule has 0 aliphatic carbocycles. The van der Waals surface area contributed by atoms with E-state index < -0.39 is 0 Å². The maximum absolute atomic E-state index is 12.2. The van der Waals surface area contributed by atoms with Crippen molar-refractivity contribution in [2.45, 2.75) is 59.8 Å². The van der Waals surface area contributed by atoms with Crippen molar-refractivity contribution in [2.24, 2.45) is 0 Å². The third-order valence-corrected chi connectivity index (χ3v) is 4.97. The van der Waals surface area contributed by atoms with Gasteiger partial charge in [-0.3, -0.25) is 4.79 Å². The maximum Gasteiger partial charge on any atom is 0.253 e. The van der Waals surface area contributed by atoms with Crippen LogP contribution >= 0.6 is 0 Å². The first-order valence-corrected chi connectivity index (χ1v) is 9.81. The van der Waals surface area contributed by atoms with Crippen LogP contribution in [0.3, 0.4) is 0 Å². The van der Waals surface area contributed by atoms with E-state index in [0.29, 0.717) is 24.6 Å². The normalized spacial score (nSPS) is 11.8. The number of nitrogens with zero attached hydrogens (tertiary/aromatic N) is 4. The van der Waals surface area contributed by atoms with Crippen molar-refractivity contribution in [1.82, 2.24) is 24.9 Å². The Morgan fingerprint density at radius 3 is 2.39 bits per heavy atom. The number of carbonyl (C=O) groups excluding carboxylic acids is 1. The topological polar surface area (TPSA) is 72.2 Å². The molecule has 28 heavy (non-hydrogen) atoms. The van der Waals surface area contributed by atoms with Crippen LogP contribution in [0.1, 0.15) is 56.6 Å². The molecule has 0 bridgehead atoms. The molecule has 0 saturated carbocycles. The van der Waals surface area contributed by atoms with Crippen molar-refractivity contribution >= 4 is 11.7 Å². The Balaban J connectivity index is 1.95.